The van der Waals surface area contributed by atoms with Crippen molar-refractivity contribution in [1.29, 1.82) is 0 Å². The monoisotopic (exact) mass is 442 g/mol. The highest BCUT2D eigenvalue weighted by molar-refractivity contribution is 5.73. The minimum Gasteiger partial charge on any atom is -0.497 e. The van der Waals surface area contributed by atoms with Gasteiger partial charge in [0.25, 0.3) is 0 Å². The van der Waals surface area contributed by atoms with Gasteiger partial charge in [-0.1, -0.05) is 42.5 Å². The number of aliphatic hydroxyl groups is 1. The summed E-state index contributed by atoms with van der Waals surface area (Å²) in [6, 6.07) is 16.3. The number of hydrogen-bond acceptors (Lipinski definition) is 5. The number of nitrogens with one attached hydrogen (secondary N) is 1. The molecule has 7 nitrogen and oxygen atoms in total. The molecule has 0 fully saturated rings. The summed E-state index contributed by atoms with van der Waals surface area (Å²) >= 11 is 0. The summed E-state index contributed by atoms with van der Waals surface area (Å²) in [5.41, 5.74) is 1.17. The fourth-order valence-corrected chi connectivity index (χ4v) is 3.26. The molecule has 2 amide bonds. The first-order valence-electron chi connectivity index (χ1n) is 10.7. The lowest BCUT2D eigenvalue weighted by molar-refractivity contribution is -0.131. The average molecular weight is 443 g/mol. The van der Waals surface area contributed by atoms with E-state index < -0.39 is 23.8 Å². The molecule has 0 aromatic heterocycles. The topological polar surface area (TPSA) is 88.1 Å². The Balaban J connectivity index is 2.16. The zero-order valence-electron chi connectivity index (χ0n) is 19.5. The smallest absolute Gasteiger partial charge is 0.407 e. The minimum absolute atomic E-state index is 0.0554. The van der Waals surface area contributed by atoms with E-state index in [0.29, 0.717) is 18.7 Å². The van der Waals surface area contributed by atoms with Crippen molar-refractivity contribution in [3.05, 3.63) is 65.7 Å². The molecule has 0 aliphatic carbocycles. The maximum atomic E-state index is 12.4. The van der Waals surface area contributed by atoms with Gasteiger partial charge in [-0.2, -0.15) is 0 Å². The number of carbonyl (C=O) groups is 2. The first kappa shape index (κ1) is 25.2. The van der Waals surface area contributed by atoms with Crippen molar-refractivity contribution < 1.29 is 24.2 Å². The molecule has 0 unspecified atom stereocenters. The number of rotatable bonds is 9. The molecule has 0 spiro atoms. The summed E-state index contributed by atoms with van der Waals surface area (Å²) in [5.74, 6) is 0.516. The van der Waals surface area contributed by atoms with Gasteiger partial charge in [0.15, 0.2) is 0 Å². The van der Waals surface area contributed by atoms with E-state index >= 15 is 0 Å². The average Bonchev–Trinajstić information content (AvgIpc) is 2.72. The second-order valence-corrected chi connectivity index (χ2v) is 8.76. The molecule has 7 heteroatoms. The van der Waals surface area contributed by atoms with Gasteiger partial charge in [-0.05, 0) is 50.5 Å². The Labute approximate surface area is 190 Å². The van der Waals surface area contributed by atoms with Gasteiger partial charge in [0.1, 0.15) is 11.4 Å². The molecular weight excluding hydrogens is 408 g/mol. The van der Waals surface area contributed by atoms with E-state index in [2.05, 4.69) is 5.32 Å². The number of carbonyl (C=O) groups excluding carboxylic acids is 2. The Hall–Kier alpha value is -3.06. The van der Waals surface area contributed by atoms with Crippen LogP contribution in [-0.2, 0) is 22.5 Å². The molecule has 0 aliphatic rings. The number of benzene rings is 2. The van der Waals surface area contributed by atoms with E-state index in [0.717, 1.165) is 11.1 Å². The van der Waals surface area contributed by atoms with Gasteiger partial charge in [0.05, 0.1) is 19.3 Å². The molecule has 2 N–H and O–H groups in total. The Morgan fingerprint density at radius 3 is 2.31 bits per heavy atom. The van der Waals surface area contributed by atoms with Gasteiger partial charge >= 0.3 is 6.09 Å². The number of alkyl carbamates (subject to hydrolysis) is 1. The first-order chi connectivity index (χ1) is 15.1. The second kappa shape index (κ2) is 11.5. The molecule has 0 radical (unpaired) electrons. The molecule has 0 bridgehead atoms. The Bertz CT molecular complexity index is 879. The van der Waals surface area contributed by atoms with Crippen molar-refractivity contribution in [3.8, 4) is 5.75 Å². The zero-order valence-corrected chi connectivity index (χ0v) is 19.5. The van der Waals surface area contributed by atoms with Crippen LogP contribution in [0.15, 0.2) is 54.6 Å². The van der Waals surface area contributed by atoms with Crippen LogP contribution in [0.5, 0.6) is 5.75 Å². The largest absolute Gasteiger partial charge is 0.497 e. The third kappa shape index (κ3) is 8.59. The molecule has 32 heavy (non-hydrogen) atoms. The van der Waals surface area contributed by atoms with Crippen molar-refractivity contribution in [2.24, 2.45) is 0 Å². The summed E-state index contributed by atoms with van der Waals surface area (Å²) in [6.45, 7) is 7.16. The van der Waals surface area contributed by atoms with E-state index in [1.165, 1.54) is 6.92 Å². The van der Waals surface area contributed by atoms with E-state index in [9.17, 15) is 14.7 Å². The molecule has 0 saturated carbocycles. The van der Waals surface area contributed by atoms with E-state index in [1.54, 1.807) is 32.8 Å². The summed E-state index contributed by atoms with van der Waals surface area (Å²) in [6.07, 6.45) is -1.22. The van der Waals surface area contributed by atoms with Crippen LogP contribution in [0.4, 0.5) is 4.79 Å². The van der Waals surface area contributed by atoms with Gasteiger partial charge < -0.3 is 24.8 Å². The van der Waals surface area contributed by atoms with E-state index in [-0.39, 0.29) is 12.5 Å². The summed E-state index contributed by atoms with van der Waals surface area (Å²) in [7, 11) is 1.59. The molecule has 2 aromatic rings. The maximum Gasteiger partial charge on any atom is 0.407 e. The third-order valence-corrected chi connectivity index (χ3v) is 4.83. The number of hydrogen-bond donors (Lipinski definition) is 2. The predicted octanol–water partition coefficient (Wildman–Crippen LogP) is 3.54. The van der Waals surface area contributed by atoms with Gasteiger partial charge in [0.2, 0.25) is 5.91 Å². The summed E-state index contributed by atoms with van der Waals surface area (Å²) in [4.78, 5) is 26.3. The SMILES string of the molecule is COc1cccc(CN(C[C@@H](O)[C@H](Cc2ccccc2)NC(=O)OC(C)(C)C)C(C)=O)c1. The molecule has 174 valence electrons. The van der Waals surface area contributed by atoms with Crippen molar-refractivity contribution in [1.82, 2.24) is 10.2 Å². The number of nitrogens with zero attached hydrogens (tertiary/aromatic N) is 1. The molecular formula is C25H34N2O5. The van der Waals surface area contributed by atoms with Gasteiger partial charge in [-0.3, -0.25) is 4.79 Å². The highest BCUT2D eigenvalue weighted by Gasteiger charge is 2.27. The van der Waals surface area contributed by atoms with Crippen LogP contribution in [0.1, 0.15) is 38.8 Å². The lowest BCUT2D eigenvalue weighted by atomic mass is 10.0. The summed E-state index contributed by atoms with van der Waals surface area (Å²) < 4.78 is 10.6. The molecule has 2 atom stereocenters. The lowest BCUT2D eigenvalue weighted by Gasteiger charge is -2.30. The third-order valence-electron chi connectivity index (χ3n) is 4.83. The molecule has 0 saturated heterocycles. The fourth-order valence-electron chi connectivity index (χ4n) is 3.26. The Morgan fingerprint density at radius 2 is 1.72 bits per heavy atom. The number of methoxy groups -OCH3 is 1. The summed E-state index contributed by atoms with van der Waals surface area (Å²) in [5, 5.41) is 13.8. The van der Waals surface area contributed by atoms with Gasteiger partial charge in [-0.15, -0.1) is 0 Å². The van der Waals surface area contributed by atoms with Crippen LogP contribution in [-0.4, -0.2) is 53.4 Å². The first-order valence-corrected chi connectivity index (χ1v) is 10.7. The fraction of sp³-hybridized carbons (Fsp3) is 0.440. The Kier molecular flexibility index (Phi) is 9.08. The van der Waals surface area contributed by atoms with Crippen molar-refractivity contribution in [3.63, 3.8) is 0 Å². The molecule has 2 aromatic carbocycles. The van der Waals surface area contributed by atoms with Crippen LogP contribution in [0.2, 0.25) is 0 Å². The zero-order chi connectivity index (χ0) is 23.7. The number of amides is 2. The highest BCUT2D eigenvalue weighted by atomic mass is 16.6. The van der Waals surface area contributed by atoms with Gasteiger partial charge in [0, 0.05) is 20.0 Å². The van der Waals surface area contributed by atoms with Crippen LogP contribution in [0.25, 0.3) is 0 Å². The van der Waals surface area contributed by atoms with Crippen molar-refractivity contribution in [2.75, 3.05) is 13.7 Å². The molecule has 2 rings (SSSR count). The minimum atomic E-state index is -1.00. The molecule has 0 aliphatic heterocycles. The van der Waals surface area contributed by atoms with Crippen LogP contribution in [0.3, 0.4) is 0 Å². The number of aliphatic hydroxyl groups excluding tert-OH is 1. The Morgan fingerprint density at radius 1 is 1.06 bits per heavy atom. The van der Waals surface area contributed by atoms with Crippen LogP contribution in [0, 0.1) is 0 Å². The lowest BCUT2D eigenvalue weighted by Crippen LogP contribution is -2.51. The van der Waals surface area contributed by atoms with E-state index in [1.807, 2.05) is 54.6 Å². The standard InChI is InChI=1S/C25H34N2O5/c1-18(28)27(16-20-12-9-13-21(14-20)31-5)17-23(29)22(15-19-10-7-6-8-11-19)26-24(30)32-25(2,3)4/h6-14,22-23,29H,15-17H2,1-5H3,(H,26,30)/t22-,23+/m0/s1. The second-order valence-electron chi connectivity index (χ2n) is 8.76. The maximum absolute atomic E-state index is 12.4. The highest BCUT2D eigenvalue weighted by Crippen LogP contribution is 2.16. The quantitative estimate of drug-likeness (QED) is 0.620. The van der Waals surface area contributed by atoms with Gasteiger partial charge in [-0.25, -0.2) is 4.79 Å². The normalized spacial score (nSPS) is 13.1. The van der Waals surface area contributed by atoms with Crippen molar-refractivity contribution >= 4 is 12.0 Å². The van der Waals surface area contributed by atoms with Crippen LogP contribution < -0.4 is 10.1 Å². The molecule has 0 heterocycles. The van der Waals surface area contributed by atoms with Crippen molar-refractivity contribution in [2.45, 2.75) is 58.4 Å². The van der Waals surface area contributed by atoms with Crippen LogP contribution >= 0.6 is 0 Å². The number of ether oxygens (including phenoxy) is 2. The van der Waals surface area contributed by atoms with E-state index in [4.69, 9.17) is 9.47 Å². The predicted molar refractivity (Wildman–Crippen MR) is 123 cm³/mol.